The van der Waals surface area contributed by atoms with E-state index in [1.54, 1.807) is 0 Å². The van der Waals surface area contributed by atoms with Gasteiger partial charge in [0.15, 0.2) is 0 Å². The van der Waals surface area contributed by atoms with E-state index < -0.39 is 0 Å². The monoisotopic (exact) mass is 348 g/mol. The Morgan fingerprint density at radius 2 is 1.81 bits per heavy atom. The van der Waals surface area contributed by atoms with Crippen LogP contribution in [0.4, 0.5) is 5.69 Å². The minimum absolute atomic E-state index is 0.0150. The molecule has 1 heterocycles. The van der Waals surface area contributed by atoms with Gasteiger partial charge >= 0.3 is 0 Å². The third kappa shape index (κ3) is 3.26. The Morgan fingerprint density at radius 1 is 1.04 bits per heavy atom. The summed E-state index contributed by atoms with van der Waals surface area (Å²) in [7, 11) is 0. The number of hydrogen-bond acceptors (Lipinski definition) is 1. The van der Waals surface area contributed by atoms with Crippen LogP contribution in [0.15, 0.2) is 42.5 Å². The summed E-state index contributed by atoms with van der Waals surface area (Å²) in [6.45, 7) is 9.27. The van der Waals surface area contributed by atoms with Crippen molar-refractivity contribution in [3.05, 3.63) is 64.8 Å². The minimum Gasteiger partial charge on any atom is -0.336 e. The number of carbonyl (C=O) groups is 1. The lowest BCUT2D eigenvalue weighted by Crippen LogP contribution is -2.19. The Bertz CT molecular complexity index is 937. The molecule has 0 saturated carbocycles. The molecule has 26 heavy (non-hydrogen) atoms. The predicted molar refractivity (Wildman–Crippen MR) is 110 cm³/mol. The summed E-state index contributed by atoms with van der Waals surface area (Å²) >= 11 is 0. The molecule has 3 aromatic rings. The molecular weight excluding hydrogens is 320 g/mol. The summed E-state index contributed by atoms with van der Waals surface area (Å²) in [6.07, 6.45) is 3.06. The molecule has 0 aliphatic carbocycles. The Balaban J connectivity index is 2.07. The molecule has 0 atom stereocenters. The SMILES string of the molecule is CCCCn1c(C(=O)Nc2c(C)cccc2CC)c(C)c2ccccc21. The maximum absolute atomic E-state index is 13.3. The van der Waals surface area contributed by atoms with Gasteiger partial charge < -0.3 is 9.88 Å². The van der Waals surface area contributed by atoms with Gasteiger partial charge in [-0.25, -0.2) is 0 Å². The number of hydrogen-bond donors (Lipinski definition) is 1. The third-order valence-corrected chi connectivity index (χ3v) is 5.15. The van der Waals surface area contributed by atoms with Crippen LogP contribution in [-0.2, 0) is 13.0 Å². The molecule has 0 bridgehead atoms. The van der Waals surface area contributed by atoms with E-state index in [0.717, 1.165) is 59.2 Å². The molecule has 2 aromatic carbocycles. The first-order chi connectivity index (χ1) is 12.6. The highest BCUT2D eigenvalue weighted by atomic mass is 16.2. The van der Waals surface area contributed by atoms with Gasteiger partial charge in [-0.15, -0.1) is 0 Å². The standard InChI is InChI=1S/C23H28N2O/c1-5-7-15-25-20-14-9-8-13-19(20)17(4)22(25)23(26)24-21-16(3)11-10-12-18(21)6-2/h8-14H,5-7,15H2,1-4H3,(H,24,26). The Labute approximate surface area is 156 Å². The summed E-state index contributed by atoms with van der Waals surface area (Å²) in [5.41, 5.74) is 6.21. The van der Waals surface area contributed by atoms with Gasteiger partial charge in [0.2, 0.25) is 0 Å². The van der Waals surface area contributed by atoms with E-state index in [4.69, 9.17) is 0 Å². The molecule has 3 rings (SSSR count). The number of unbranched alkanes of at least 4 members (excludes halogenated alkanes) is 1. The van der Waals surface area contributed by atoms with Crippen molar-refractivity contribution in [3.8, 4) is 0 Å². The molecule has 0 fully saturated rings. The lowest BCUT2D eigenvalue weighted by Gasteiger charge is -2.15. The molecule has 136 valence electrons. The Morgan fingerprint density at radius 3 is 2.54 bits per heavy atom. The molecule has 3 heteroatoms. The number of rotatable bonds is 6. The van der Waals surface area contributed by atoms with Gasteiger partial charge in [0.25, 0.3) is 5.91 Å². The lowest BCUT2D eigenvalue weighted by molar-refractivity contribution is 0.101. The van der Waals surface area contributed by atoms with Gasteiger partial charge in [-0.2, -0.15) is 0 Å². The average molecular weight is 348 g/mol. The second-order valence-corrected chi connectivity index (χ2v) is 6.91. The van der Waals surface area contributed by atoms with E-state index in [2.05, 4.69) is 48.9 Å². The quantitative estimate of drug-likeness (QED) is 0.593. The highest BCUT2D eigenvalue weighted by molar-refractivity contribution is 6.09. The minimum atomic E-state index is -0.0150. The molecule has 3 nitrogen and oxygen atoms in total. The second kappa shape index (κ2) is 7.77. The van der Waals surface area contributed by atoms with Gasteiger partial charge in [-0.05, 0) is 49.4 Å². The summed E-state index contributed by atoms with van der Waals surface area (Å²) in [4.78, 5) is 13.3. The predicted octanol–water partition coefficient (Wildman–Crippen LogP) is 5.87. The summed E-state index contributed by atoms with van der Waals surface area (Å²) in [5.74, 6) is -0.0150. The molecule has 0 saturated heterocycles. The number of aryl methyl sites for hydroxylation is 4. The third-order valence-electron chi connectivity index (χ3n) is 5.15. The van der Waals surface area contributed by atoms with E-state index in [1.807, 2.05) is 31.2 Å². The number of amides is 1. The van der Waals surface area contributed by atoms with Crippen molar-refractivity contribution in [3.63, 3.8) is 0 Å². The molecule has 0 aliphatic rings. The first kappa shape index (κ1) is 18.2. The van der Waals surface area contributed by atoms with Gasteiger partial charge in [-0.1, -0.05) is 56.7 Å². The van der Waals surface area contributed by atoms with Crippen molar-refractivity contribution < 1.29 is 4.79 Å². The molecule has 1 amide bonds. The first-order valence-corrected chi connectivity index (χ1v) is 9.56. The van der Waals surface area contributed by atoms with E-state index in [1.165, 1.54) is 5.56 Å². The zero-order valence-corrected chi connectivity index (χ0v) is 16.2. The fourth-order valence-electron chi connectivity index (χ4n) is 3.69. The number of para-hydroxylation sites is 2. The van der Waals surface area contributed by atoms with E-state index in [-0.39, 0.29) is 5.91 Å². The molecule has 0 aliphatic heterocycles. The molecule has 1 aromatic heterocycles. The fraction of sp³-hybridized carbons (Fsp3) is 0.348. The van der Waals surface area contributed by atoms with Gasteiger partial charge in [-0.3, -0.25) is 4.79 Å². The van der Waals surface area contributed by atoms with Crippen LogP contribution in [0.5, 0.6) is 0 Å². The van der Waals surface area contributed by atoms with E-state index >= 15 is 0 Å². The normalized spacial score (nSPS) is 11.1. The van der Waals surface area contributed by atoms with Crippen LogP contribution >= 0.6 is 0 Å². The van der Waals surface area contributed by atoms with Crippen LogP contribution in [0, 0.1) is 13.8 Å². The molecule has 0 spiro atoms. The van der Waals surface area contributed by atoms with Crippen LogP contribution in [-0.4, -0.2) is 10.5 Å². The van der Waals surface area contributed by atoms with Crippen LogP contribution in [0.25, 0.3) is 10.9 Å². The molecule has 0 unspecified atom stereocenters. The number of aromatic nitrogens is 1. The first-order valence-electron chi connectivity index (χ1n) is 9.56. The molecular formula is C23H28N2O. The van der Waals surface area contributed by atoms with E-state index in [9.17, 15) is 4.79 Å². The topological polar surface area (TPSA) is 34.0 Å². The Kier molecular flexibility index (Phi) is 5.46. The second-order valence-electron chi connectivity index (χ2n) is 6.91. The highest BCUT2D eigenvalue weighted by Gasteiger charge is 2.21. The van der Waals surface area contributed by atoms with Gasteiger partial charge in [0.1, 0.15) is 5.69 Å². The van der Waals surface area contributed by atoms with Crippen molar-refractivity contribution >= 4 is 22.5 Å². The largest absolute Gasteiger partial charge is 0.336 e. The van der Waals surface area contributed by atoms with Crippen molar-refractivity contribution in [1.82, 2.24) is 4.57 Å². The van der Waals surface area contributed by atoms with Crippen LogP contribution < -0.4 is 5.32 Å². The van der Waals surface area contributed by atoms with Gasteiger partial charge in [0.05, 0.1) is 0 Å². The van der Waals surface area contributed by atoms with Crippen LogP contribution in [0.2, 0.25) is 0 Å². The van der Waals surface area contributed by atoms with Crippen molar-refractivity contribution in [2.24, 2.45) is 0 Å². The number of nitrogens with one attached hydrogen (secondary N) is 1. The number of benzene rings is 2. The molecule has 1 N–H and O–H groups in total. The van der Waals surface area contributed by atoms with Crippen molar-refractivity contribution in [2.75, 3.05) is 5.32 Å². The van der Waals surface area contributed by atoms with Crippen LogP contribution in [0.3, 0.4) is 0 Å². The maximum Gasteiger partial charge on any atom is 0.272 e. The molecule has 0 radical (unpaired) electrons. The van der Waals surface area contributed by atoms with Crippen molar-refractivity contribution in [1.29, 1.82) is 0 Å². The smallest absolute Gasteiger partial charge is 0.272 e. The zero-order chi connectivity index (χ0) is 18.7. The number of nitrogens with zero attached hydrogens (tertiary/aromatic N) is 1. The fourth-order valence-corrected chi connectivity index (χ4v) is 3.69. The van der Waals surface area contributed by atoms with Crippen molar-refractivity contribution in [2.45, 2.75) is 53.5 Å². The van der Waals surface area contributed by atoms with E-state index in [0.29, 0.717) is 0 Å². The van der Waals surface area contributed by atoms with Gasteiger partial charge in [0, 0.05) is 23.1 Å². The summed E-state index contributed by atoms with van der Waals surface area (Å²) in [5, 5.41) is 4.37. The number of anilines is 1. The Hall–Kier alpha value is -2.55. The maximum atomic E-state index is 13.3. The number of carbonyl (C=O) groups excluding carboxylic acids is 1. The zero-order valence-electron chi connectivity index (χ0n) is 16.2. The highest BCUT2D eigenvalue weighted by Crippen LogP contribution is 2.28. The average Bonchev–Trinajstić information content (AvgIpc) is 2.94. The van der Waals surface area contributed by atoms with Crippen LogP contribution in [0.1, 0.15) is 53.9 Å². The summed E-state index contributed by atoms with van der Waals surface area (Å²) < 4.78 is 2.19. The summed E-state index contributed by atoms with van der Waals surface area (Å²) in [6, 6.07) is 14.5. The number of fused-ring (bicyclic) bond motifs is 1. The lowest BCUT2D eigenvalue weighted by atomic mass is 10.1.